The minimum absolute atomic E-state index is 0.0729. The molecule has 1 aromatic carbocycles. The molecule has 1 amide bonds. The number of carbonyl (C=O) groups excluding carboxylic acids is 1. The number of nitrogens with one attached hydrogen (secondary N) is 1. The van der Waals surface area contributed by atoms with Crippen LogP contribution in [0.15, 0.2) is 53.5 Å². The monoisotopic (exact) mass is 548 g/mol. The smallest absolute Gasteiger partial charge is 0.304 e. The average molecular weight is 549 g/mol. The van der Waals surface area contributed by atoms with Gasteiger partial charge in [-0.2, -0.15) is 12.7 Å². The molecule has 3 heterocycles. The third-order valence-corrected chi connectivity index (χ3v) is 7.95. The Kier molecular flexibility index (Phi) is 8.05. The van der Waals surface area contributed by atoms with Gasteiger partial charge < -0.3 is 14.2 Å². The fraction of sp³-hybridized carbons (Fsp3) is 0.400. The lowest BCUT2D eigenvalue weighted by Crippen LogP contribution is -2.49. The summed E-state index contributed by atoms with van der Waals surface area (Å²) in [6.07, 6.45) is 3.83. The van der Waals surface area contributed by atoms with Crippen molar-refractivity contribution in [1.82, 2.24) is 14.0 Å². The predicted molar refractivity (Wildman–Crippen MR) is 140 cm³/mol. The van der Waals surface area contributed by atoms with E-state index in [-0.39, 0.29) is 17.6 Å². The van der Waals surface area contributed by atoms with Crippen LogP contribution in [0.5, 0.6) is 11.6 Å². The second-order valence-corrected chi connectivity index (χ2v) is 11.1. The van der Waals surface area contributed by atoms with Gasteiger partial charge >= 0.3 is 10.2 Å². The van der Waals surface area contributed by atoms with Gasteiger partial charge in [-0.3, -0.25) is 4.79 Å². The number of aliphatic imine (C=N–C) groups is 1. The maximum absolute atomic E-state index is 12.9. The summed E-state index contributed by atoms with van der Waals surface area (Å²) in [5.41, 5.74) is 1.16. The van der Waals surface area contributed by atoms with Gasteiger partial charge in [0, 0.05) is 41.9 Å². The van der Waals surface area contributed by atoms with E-state index >= 15 is 0 Å². The first-order chi connectivity index (χ1) is 17.6. The first kappa shape index (κ1) is 26.9. The van der Waals surface area contributed by atoms with Gasteiger partial charge in [0.25, 0.3) is 5.91 Å². The van der Waals surface area contributed by atoms with Crippen LogP contribution in [0.4, 0.5) is 0 Å². The highest BCUT2D eigenvalue weighted by Crippen LogP contribution is 2.38. The van der Waals surface area contributed by atoms with Crippen LogP contribution in [0, 0.1) is 5.92 Å². The number of rotatable bonds is 8. The van der Waals surface area contributed by atoms with Crippen LogP contribution in [0.25, 0.3) is 11.1 Å². The molecule has 0 spiro atoms. The molecule has 0 radical (unpaired) electrons. The molecule has 12 heteroatoms. The van der Waals surface area contributed by atoms with Crippen molar-refractivity contribution in [2.45, 2.75) is 38.7 Å². The van der Waals surface area contributed by atoms with Crippen molar-refractivity contribution in [3.8, 4) is 22.8 Å². The number of nitrogens with zero attached hydrogens (tertiary/aromatic N) is 3. The highest BCUT2D eigenvalue weighted by Gasteiger charge is 2.32. The maximum atomic E-state index is 12.9. The van der Waals surface area contributed by atoms with Crippen LogP contribution in [-0.2, 0) is 14.9 Å². The molecule has 198 valence electrons. The summed E-state index contributed by atoms with van der Waals surface area (Å²) < 4.78 is 45.6. The number of aromatic nitrogens is 1. The van der Waals surface area contributed by atoms with E-state index in [4.69, 9.17) is 25.8 Å². The summed E-state index contributed by atoms with van der Waals surface area (Å²) >= 11 is 6.59. The predicted octanol–water partition coefficient (Wildman–Crippen LogP) is 3.74. The van der Waals surface area contributed by atoms with E-state index in [0.717, 1.165) is 6.42 Å². The van der Waals surface area contributed by atoms with Gasteiger partial charge in [0.05, 0.1) is 19.4 Å². The topological polar surface area (TPSA) is 119 Å². The number of benzene rings is 1. The van der Waals surface area contributed by atoms with Crippen molar-refractivity contribution in [1.29, 1.82) is 0 Å². The van der Waals surface area contributed by atoms with Crippen LogP contribution in [0.1, 0.15) is 37.6 Å². The summed E-state index contributed by atoms with van der Waals surface area (Å²) in [5, 5.41) is -0.532. The molecule has 1 aromatic heterocycles. The average Bonchev–Trinajstić information content (AvgIpc) is 2.82. The zero-order chi connectivity index (χ0) is 26.7. The zero-order valence-electron chi connectivity index (χ0n) is 21.0. The van der Waals surface area contributed by atoms with E-state index in [0.29, 0.717) is 47.5 Å². The summed E-state index contributed by atoms with van der Waals surface area (Å²) in [7, 11) is -2.42. The molecule has 37 heavy (non-hydrogen) atoms. The lowest BCUT2D eigenvalue weighted by molar-refractivity contribution is 0.0977. The lowest BCUT2D eigenvalue weighted by Gasteiger charge is -2.29. The minimum atomic E-state index is -3.91. The Hall–Kier alpha value is -3.15. The molecule has 1 N–H and O–H groups in total. The van der Waals surface area contributed by atoms with Crippen LogP contribution < -0.4 is 14.2 Å². The quantitative estimate of drug-likeness (QED) is 0.499. The molecule has 4 rings (SSSR count). The fourth-order valence-electron chi connectivity index (χ4n) is 3.75. The Morgan fingerprint density at radius 1 is 1.22 bits per heavy atom. The minimum Gasteiger partial charge on any atom is -0.481 e. The molecule has 2 aliphatic rings. The van der Waals surface area contributed by atoms with Gasteiger partial charge in [0.15, 0.2) is 0 Å². The number of allylic oxidation sites excluding steroid dienone is 1. The molecule has 2 aliphatic heterocycles. The van der Waals surface area contributed by atoms with Crippen LogP contribution in [0.2, 0.25) is 0 Å². The van der Waals surface area contributed by atoms with Crippen molar-refractivity contribution in [3.05, 3.63) is 54.1 Å². The number of carbonyl (C=O) groups is 1. The van der Waals surface area contributed by atoms with E-state index in [9.17, 15) is 13.2 Å². The van der Waals surface area contributed by atoms with Crippen molar-refractivity contribution in [2.75, 3.05) is 20.2 Å². The second kappa shape index (κ2) is 11.1. The molecule has 0 bridgehead atoms. The molecular formula is C25H29ClN4O6S. The third-order valence-electron chi connectivity index (χ3n) is 5.90. The molecule has 2 aromatic rings. The first-order valence-corrected chi connectivity index (χ1v) is 13.7. The standard InChI is InChI=1S/C25H29ClN4O6S/c1-15(2)35-25-22(26)16(3)21(14-28-25)36-20-9-8-17(23(31)29-37(32,33)30-11-6-12-30)13-19(20)18-7-5-10-27-24(18)34-4/h5,7-10,13-16,22H,6,11-12H2,1-4H3,(H,29,31). The van der Waals surface area contributed by atoms with Crippen LogP contribution in [0.3, 0.4) is 0 Å². The number of hydrogen-bond donors (Lipinski definition) is 1. The number of methoxy groups -OCH3 is 1. The van der Waals surface area contributed by atoms with Gasteiger partial charge in [-0.15, -0.1) is 11.6 Å². The van der Waals surface area contributed by atoms with Crippen molar-refractivity contribution in [2.24, 2.45) is 10.9 Å². The molecular weight excluding hydrogens is 520 g/mol. The normalized spacial score (nSPS) is 19.9. The van der Waals surface area contributed by atoms with Crippen LogP contribution >= 0.6 is 11.6 Å². The number of halogens is 1. The molecule has 1 fully saturated rings. The Labute approximate surface area is 221 Å². The number of ether oxygens (including phenoxy) is 3. The number of pyridine rings is 1. The molecule has 10 nitrogen and oxygen atoms in total. The van der Waals surface area contributed by atoms with Crippen LogP contribution in [-0.4, -0.2) is 61.2 Å². The van der Waals surface area contributed by atoms with Gasteiger partial charge in [-0.25, -0.2) is 14.7 Å². The number of alkyl halides is 1. The molecule has 0 saturated carbocycles. The van der Waals surface area contributed by atoms with Crippen molar-refractivity contribution >= 4 is 33.6 Å². The largest absolute Gasteiger partial charge is 0.481 e. The van der Waals surface area contributed by atoms with E-state index < -0.39 is 21.5 Å². The highest BCUT2D eigenvalue weighted by molar-refractivity contribution is 7.87. The van der Waals surface area contributed by atoms with E-state index in [1.807, 2.05) is 20.8 Å². The van der Waals surface area contributed by atoms with Crippen molar-refractivity contribution in [3.63, 3.8) is 0 Å². The van der Waals surface area contributed by atoms with Gasteiger partial charge in [0.1, 0.15) is 16.9 Å². The summed E-state index contributed by atoms with van der Waals surface area (Å²) in [6, 6.07) is 8.11. The lowest BCUT2D eigenvalue weighted by atomic mass is 10.0. The summed E-state index contributed by atoms with van der Waals surface area (Å²) in [6.45, 7) is 6.46. The number of hydrogen-bond acceptors (Lipinski definition) is 8. The fourth-order valence-corrected chi connectivity index (χ4v) is 5.21. The van der Waals surface area contributed by atoms with Gasteiger partial charge in [-0.05, 0) is 50.6 Å². The summed E-state index contributed by atoms with van der Waals surface area (Å²) in [5.74, 6) is 0.595. The molecule has 2 atom stereocenters. The Bertz CT molecular complexity index is 1340. The first-order valence-electron chi connectivity index (χ1n) is 11.8. The highest BCUT2D eigenvalue weighted by atomic mass is 35.5. The SMILES string of the molecule is COc1ncccc1-c1cc(C(=O)NS(=O)(=O)N2CCC2)ccc1OC1=CN=C(OC(C)C)C(Cl)C1C. The Balaban J connectivity index is 1.70. The Morgan fingerprint density at radius 3 is 2.62 bits per heavy atom. The maximum Gasteiger partial charge on any atom is 0.304 e. The van der Waals surface area contributed by atoms with E-state index in [1.165, 1.54) is 17.5 Å². The number of amides is 1. The summed E-state index contributed by atoms with van der Waals surface area (Å²) in [4.78, 5) is 21.5. The zero-order valence-corrected chi connectivity index (χ0v) is 22.5. The van der Waals surface area contributed by atoms with E-state index in [2.05, 4.69) is 14.7 Å². The molecule has 1 saturated heterocycles. The van der Waals surface area contributed by atoms with Gasteiger partial charge in [-0.1, -0.05) is 6.92 Å². The molecule has 0 aliphatic carbocycles. The molecule has 2 unspecified atom stereocenters. The van der Waals surface area contributed by atoms with Gasteiger partial charge in [0.2, 0.25) is 11.8 Å². The van der Waals surface area contributed by atoms with Crippen molar-refractivity contribution < 1.29 is 27.4 Å². The Morgan fingerprint density at radius 2 is 1.97 bits per heavy atom. The second-order valence-electron chi connectivity index (χ2n) is 8.92. The van der Waals surface area contributed by atoms with E-state index in [1.54, 1.807) is 36.7 Å². The third kappa shape index (κ3) is 5.89.